The summed E-state index contributed by atoms with van der Waals surface area (Å²) in [6.45, 7) is 23.5. The Bertz CT molecular complexity index is 394. The van der Waals surface area contributed by atoms with Gasteiger partial charge in [0.2, 0.25) is 5.91 Å². The van der Waals surface area contributed by atoms with Crippen LogP contribution < -0.4 is 0 Å². The summed E-state index contributed by atoms with van der Waals surface area (Å²) < 4.78 is 12.3. The molecule has 0 aromatic carbocycles. The zero-order chi connectivity index (χ0) is 20.1. The van der Waals surface area contributed by atoms with E-state index in [1.54, 1.807) is 4.90 Å². The molecule has 0 heterocycles. The van der Waals surface area contributed by atoms with Gasteiger partial charge in [-0.1, -0.05) is 41.5 Å². The third-order valence-electron chi connectivity index (χ3n) is 5.75. The first-order valence-corrected chi connectivity index (χ1v) is 15.0. The first-order valence-electron chi connectivity index (χ1n) is 9.22. The molecule has 0 aromatic rings. The second-order valence-corrected chi connectivity index (χ2v) is 19.4. The Morgan fingerprint density at radius 3 is 1.40 bits per heavy atom. The largest absolute Gasteiger partial charge is 0.415 e. The Hall–Kier alpha value is -0.216. The van der Waals surface area contributed by atoms with Crippen LogP contribution >= 0.6 is 0 Å². The number of carbonyl (C=O) groups excluding carboxylic acids is 1. The number of nitrogens with zero attached hydrogens (tertiary/aromatic N) is 1. The molecule has 0 fully saturated rings. The predicted molar refractivity (Wildman–Crippen MR) is 110 cm³/mol. The van der Waals surface area contributed by atoms with Gasteiger partial charge in [-0.2, -0.15) is 0 Å². The highest BCUT2D eigenvalue weighted by molar-refractivity contribution is 6.74. The van der Waals surface area contributed by atoms with Gasteiger partial charge in [0, 0.05) is 13.1 Å². The summed E-state index contributed by atoms with van der Waals surface area (Å²) in [5.74, 6) is -0.266. The van der Waals surface area contributed by atoms with Crippen LogP contribution in [-0.2, 0) is 13.6 Å². The van der Waals surface area contributed by atoms with E-state index in [0.29, 0.717) is 26.3 Å². The second kappa shape index (κ2) is 9.12. The van der Waals surface area contributed by atoms with E-state index in [-0.39, 0.29) is 16.0 Å². The first kappa shape index (κ1) is 24.8. The highest BCUT2D eigenvalue weighted by Crippen LogP contribution is 2.37. The molecule has 0 spiro atoms. The van der Waals surface area contributed by atoms with Crippen LogP contribution in [0.2, 0.25) is 36.3 Å². The Balaban J connectivity index is 4.62. The molecule has 150 valence electrons. The first-order chi connectivity index (χ1) is 11.0. The molecule has 25 heavy (non-hydrogen) atoms. The summed E-state index contributed by atoms with van der Waals surface area (Å²) in [5, 5.41) is 9.51. The molecular weight excluding hydrogens is 350 g/mol. The fourth-order valence-electron chi connectivity index (χ4n) is 1.72. The van der Waals surface area contributed by atoms with Crippen LogP contribution in [0.3, 0.4) is 0 Å². The van der Waals surface area contributed by atoms with Crippen molar-refractivity contribution < 1.29 is 18.8 Å². The van der Waals surface area contributed by atoms with Crippen molar-refractivity contribution in [3.8, 4) is 0 Å². The average Bonchev–Trinajstić information content (AvgIpc) is 2.42. The molecular formula is C18H41NO4Si2. The molecule has 5 nitrogen and oxygen atoms in total. The maximum atomic E-state index is 12.0. The molecule has 0 unspecified atom stereocenters. The van der Waals surface area contributed by atoms with Crippen molar-refractivity contribution in [2.24, 2.45) is 0 Å². The van der Waals surface area contributed by atoms with E-state index in [9.17, 15) is 9.90 Å². The molecule has 0 rings (SSSR count). The molecule has 7 heteroatoms. The van der Waals surface area contributed by atoms with Crippen molar-refractivity contribution in [1.82, 2.24) is 4.90 Å². The minimum absolute atomic E-state index is 0.143. The zero-order valence-corrected chi connectivity index (χ0v) is 20.2. The molecule has 1 amide bonds. The van der Waals surface area contributed by atoms with E-state index in [1.165, 1.54) is 0 Å². The van der Waals surface area contributed by atoms with E-state index in [0.717, 1.165) is 0 Å². The molecule has 0 aliphatic heterocycles. The molecule has 0 radical (unpaired) electrons. The van der Waals surface area contributed by atoms with Gasteiger partial charge in [-0.05, 0) is 36.3 Å². The van der Waals surface area contributed by atoms with Crippen LogP contribution in [0, 0.1) is 0 Å². The highest BCUT2D eigenvalue weighted by atomic mass is 28.4. The van der Waals surface area contributed by atoms with Gasteiger partial charge in [-0.25, -0.2) is 0 Å². The van der Waals surface area contributed by atoms with Gasteiger partial charge in [-0.3, -0.25) is 4.79 Å². The summed E-state index contributed by atoms with van der Waals surface area (Å²) in [7, 11) is -3.66. The third-order valence-corrected chi connectivity index (χ3v) is 14.8. The quantitative estimate of drug-likeness (QED) is 0.607. The predicted octanol–water partition coefficient (Wildman–Crippen LogP) is 3.85. The normalized spacial score (nSPS) is 13.9. The zero-order valence-electron chi connectivity index (χ0n) is 18.2. The van der Waals surface area contributed by atoms with Crippen LogP contribution in [0.5, 0.6) is 0 Å². The standard InChI is InChI=1S/C18H41NO4Si2/c1-17(2,3)24(7,8)22-13-11-19(16(21)15-20)12-14-23-25(9,10)18(4,5)6/h20H,11-15H2,1-10H3. The minimum Gasteiger partial charge on any atom is -0.415 e. The van der Waals surface area contributed by atoms with Crippen molar-refractivity contribution in [2.75, 3.05) is 32.9 Å². The van der Waals surface area contributed by atoms with Crippen molar-refractivity contribution in [3.63, 3.8) is 0 Å². The van der Waals surface area contributed by atoms with Crippen molar-refractivity contribution in [2.45, 2.75) is 77.8 Å². The second-order valence-electron chi connectivity index (χ2n) is 9.76. The van der Waals surface area contributed by atoms with Gasteiger partial charge < -0.3 is 18.9 Å². The fourth-order valence-corrected chi connectivity index (χ4v) is 3.79. The Morgan fingerprint density at radius 2 is 1.16 bits per heavy atom. The fraction of sp³-hybridized carbons (Fsp3) is 0.944. The molecule has 0 atom stereocenters. The Kier molecular flexibility index (Phi) is 9.05. The van der Waals surface area contributed by atoms with E-state index < -0.39 is 23.2 Å². The van der Waals surface area contributed by atoms with Crippen LogP contribution in [0.25, 0.3) is 0 Å². The lowest BCUT2D eigenvalue weighted by Crippen LogP contribution is -2.46. The molecule has 0 aromatic heterocycles. The molecule has 0 bridgehead atoms. The number of hydrogen-bond acceptors (Lipinski definition) is 4. The minimum atomic E-state index is -1.83. The lowest BCUT2D eigenvalue weighted by molar-refractivity contribution is -0.135. The lowest BCUT2D eigenvalue weighted by atomic mass is 10.2. The molecule has 1 N–H and O–H groups in total. The summed E-state index contributed by atoms with van der Waals surface area (Å²) in [6.07, 6.45) is 0. The number of rotatable bonds is 9. The maximum Gasteiger partial charge on any atom is 0.248 e. The SMILES string of the molecule is CC(C)(C)[Si](C)(C)OCCN(CCO[Si](C)(C)C(C)(C)C)C(=O)CO. The lowest BCUT2D eigenvalue weighted by Gasteiger charge is -2.38. The topological polar surface area (TPSA) is 59.0 Å². The Labute approximate surface area is 157 Å². The van der Waals surface area contributed by atoms with Gasteiger partial charge in [0.1, 0.15) is 6.61 Å². The van der Waals surface area contributed by atoms with Crippen LogP contribution in [0.4, 0.5) is 0 Å². The highest BCUT2D eigenvalue weighted by Gasteiger charge is 2.38. The van der Waals surface area contributed by atoms with E-state index >= 15 is 0 Å². The van der Waals surface area contributed by atoms with Crippen LogP contribution in [0.15, 0.2) is 0 Å². The van der Waals surface area contributed by atoms with Crippen molar-refractivity contribution in [1.29, 1.82) is 0 Å². The van der Waals surface area contributed by atoms with Gasteiger partial charge in [0.15, 0.2) is 16.6 Å². The summed E-state index contributed by atoms with van der Waals surface area (Å²) in [5.41, 5.74) is 0. The smallest absolute Gasteiger partial charge is 0.248 e. The monoisotopic (exact) mass is 391 g/mol. The van der Waals surface area contributed by atoms with Crippen molar-refractivity contribution >= 4 is 22.5 Å². The number of hydrogen-bond donors (Lipinski definition) is 1. The molecule has 0 aliphatic carbocycles. The third kappa shape index (κ3) is 7.91. The van der Waals surface area contributed by atoms with Gasteiger partial charge >= 0.3 is 0 Å². The number of carbonyl (C=O) groups is 1. The average molecular weight is 392 g/mol. The summed E-state index contributed by atoms with van der Waals surface area (Å²) >= 11 is 0. The molecule has 0 saturated heterocycles. The van der Waals surface area contributed by atoms with Gasteiger partial charge in [0.05, 0.1) is 13.2 Å². The summed E-state index contributed by atoms with van der Waals surface area (Å²) in [6, 6.07) is 0. The number of aliphatic hydroxyl groups excluding tert-OH is 1. The Morgan fingerprint density at radius 1 is 0.840 bits per heavy atom. The van der Waals surface area contributed by atoms with Gasteiger partial charge in [0.25, 0.3) is 0 Å². The molecule has 0 aliphatic rings. The summed E-state index contributed by atoms with van der Waals surface area (Å²) in [4.78, 5) is 13.7. The number of aliphatic hydroxyl groups is 1. The van der Waals surface area contributed by atoms with Gasteiger partial charge in [-0.15, -0.1) is 0 Å². The molecule has 0 saturated carbocycles. The van der Waals surface area contributed by atoms with Crippen LogP contribution in [-0.4, -0.2) is 65.5 Å². The maximum absolute atomic E-state index is 12.0. The van der Waals surface area contributed by atoms with E-state index in [1.807, 2.05) is 0 Å². The van der Waals surface area contributed by atoms with E-state index in [4.69, 9.17) is 8.85 Å². The number of amides is 1. The van der Waals surface area contributed by atoms with Crippen LogP contribution in [0.1, 0.15) is 41.5 Å². The van der Waals surface area contributed by atoms with Crippen molar-refractivity contribution in [3.05, 3.63) is 0 Å². The van der Waals surface area contributed by atoms with E-state index in [2.05, 4.69) is 67.7 Å².